The van der Waals surface area contributed by atoms with Gasteiger partial charge in [-0.3, -0.25) is 4.79 Å². The van der Waals surface area contributed by atoms with Crippen molar-refractivity contribution < 1.29 is 14.3 Å². The molecule has 0 unspecified atom stereocenters. The van der Waals surface area contributed by atoms with Gasteiger partial charge in [0.25, 0.3) is 5.91 Å². The van der Waals surface area contributed by atoms with Crippen molar-refractivity contribution in [2.45, 2.75) is 19.3 Å². The number of amides is 1. The van der Waals surface area contributed by atoms with Crippen LogP contribution in [0.5, 0.6) is 5.75 Å². The second-order valence-corrected chi connectivity index (χ2v) is 8.02. The topological polar surface area (TPSA) is 77.7 Å². The van der Waals surface area contributed by atoms with Crippen LogP contribution in [-0.2, 0) is 18.0 Å². The number of carbonyl (C=O) groups excluding carboxylic acids is 1. The van der Waals surface area contributed by atoms with Gasteiger partial charge in [-0.2, -0.15) is 0 Å². The Kier molecular flexibility index (Phi) is 4.03. The number of pyridine rings is 1. The van der Waals surface area contributed by atoms with Crippen LogP contribution in [0.3, 0.4) is 0 Å². The zero-order chi connectivity index (χ0) is 19.4. The zero-order valence-corrected chi connectivity index (χ0v) is 16.8. The molecule has 0 bridgehead atoms. The standard InChI is InChI=1S/C21H18BrN3O3/c1-25(18-10-28-19-7-12(22)3-4-13(18)19)21(26)11-2-5-17-14(6-11)15-8-27-9-16(15)20(23)24-17/h2-7,18H,8-10H2,1H3,(H2,23,24)/t18-/m1/s1. The van der Waals surface area contributed by atoms with Crippen molar-refractivity contribution in [3.05, 3.63) is 63.1 Å². The van der Waals surface area contributed by atoms with Crippen LogP contribution in [0.1, 0.15) is 33.1 Å². The summed E-state index contributed by atoms with van der Waals surface area (Å²) < 4.78 is 12.3. The van der Waals surface area contributed by atoms with Gasteiger partial charge in [0.1, 0.15) is 18.2 Å². The largest absolute Gasteiger partial charge is 0.491 e. The monoisotopic (exact) mass is 439 g/mol. The summed E-state index contributed by atoms with van der Waals surface area (Å²) in [6.45, 7) is 1.40. The van der Waals surface area contributed by atoms with E-state index in [1.54, 1.807) is 11.0 Å². The van der Waals surface area contributed by atoms with Crippen LogP contribution in [0.2, 0.25) is 0 Å². The smallest absolute Gasteiger partial charge is 0.254 e. The molecular formula is C21H18BrN3O3. The van der Waals surface area contributed by atoms with E-state index in [1.165, 1.54) is 0 Å². The summed E-state index contributed by atoms with van der Waals surface area (Å²) in [7, 11) is 1.81. The molecule has 3 heterocycles. The second kappa shape index (κ2) is 6.46. The summed E-state index contributed by atoms with van der Waals surface area (Å²) in [4.78, 5) is 19.4. The van der Waals surface area contributed by atoms with E-state index in [0.29, 0.717) is 31.2 Å². The van der Waals surface area contributed by atoms with E-state index in [0.717, 1.165) is 37.8 Å². The van der Waals surface area contributed by atoms with E-state index in [4.69, 9.17) is 15.2 Å². The highest BCUT2D eigenvalue weighted by atomic mass is 79.9. The summed E-state index contributed by atoms with van der Waals surface area (Å²) in [5.41, 5.74) is 10.4. The molecule has 142 valence electrons. The summed E-state index contributed by atoms with van der Waals surface area (Å²) in [5.74, 6) is 1.25. The molecule has 0 aliphatic carbocycles. The van der Waals surface area contributed by atoms with Gasteiger partial charge in [-0.05, 0) is 35.9 Å². The van der Waals surface area contributed by atoms with Crippen LogP contribution in [0.15, 0.2) is 40.9 Å². The number of rotatable bonds is 2. The van der Waals surface area contributed by atoms with Crippen LogP contribution in [-0.4, -0.2) is 29.4 Å². The molecule has 3 aromatic rings. The minimum atomic E-state index is -0.120. The minimum Gasteiger partial charge on any atom is -0.491 e. The summed E-state index contributed by atoms with van der Waals surface area (Å²) in [5, 5.41) is 0.924. The molecule has 6 nitrogen and oxygen atoms in total. The normalized spacial score (nSPS) is 17.3. The lowest BCUT2D eigenvalue weighted by Gasteiger charge is -2.24. The highest BCUT2D eigenvalue weighted by Gasteiger charge is 2.31. The van der Waals surface area contributed by atoms with Crippen LogP contribution in [0, 0.1) is 0 Å². The third-order valence-corrected chi connectivity index (χ3v) is 5.99. The van der Waals surface area contributed by atoms with Crippen molar-refractivity contribution in [1.29, 1.82) is 0 Å². The van der Waals surface area contributed by atoms with Gasteiger partial charge in [-0.1, -0.05) is 22.0 Å². The Morgan fingerprint density at radius 3 is 2.89 bits per heavy atom. The summed E-state index contributed by atoms with van der Waals surface area (Å²) in [6, 6.07) is 11.3. The number of ether oxygens (including phenoxy) is 2. The van der Waals surface area contributed by atoms with Crippen LogP contribution >= 0.6 is 15.9 Å². The van der Waals surface area contributed by atoms with Gasteiger partial charge in [-0.25, -0.2) is 4.98 Å². The molecule has 0 fully saturated rings. The van der Waals surface area contributed by atoms with Crippen LogP contribution in [0.4, 0.5) is 5.82 Å². The maximum atomic E-state index is 13.2. The lowest BCUT2D eigenvalue weighted by atomic mass is 10.0. The van der Waals surface area contributed by atoms with E-state index in [1.807, 2.05) is 37.4 Å². The Labute approximate surface area is 170 Å². The third kappa shape index (κ3) is 2.65. The molecule has 0 radical (unpaired) electrons. The number of nitrogens with two attached hydrogens (primary N) is 1. The fraction of sp³-hybridized carbons (Fsp3) is 0.238. The van der Waals surface area contributed by atoms with E-state index in [-0.39, 0.29) is 11.9 Å². The molecule has 1 amide bonds. The average molecular weight is 440 g/mol. The van der Waals surface area contributed by atoms with Gasteiger partial charge >= 0.3 is 0 Å². The van der Waals surface area contributed by atoms with E-state index in [2.05, 4.69) is 20.9 Å². The number of carbonyl (C=O) groups is 1. The number of fused-ring (bicyclic) bond motifs is 4. The maximum Gasteiger partial charge on any atom is 0.254 e. The number of nitrogen functional groups attached to an aromatic ring is 1. The average Bonchev–Trinajstić information content (AvgIpc) is 3.34. The van der Waals surface area contributed by atoms with Gasteiger partial charge in [0.2, 0.25) is 0 Å². The van der Waals surface area contributed by atoms with Gasteiger partial charge < -0.3 is 20.1 Å². The van der Waals surface area contributed by atoms with Crippen molar-refractivity contribution in [2.24, 2.45) is 0 Å². The van der Waals surface area contributed by atoms with Crippen LogP contribution in [0.25, 0.3) is 10.9 Å². The highest BCUT2D eigenvalue weighted by Crippen LogP contribution is 2.38. The second-order valence-electron chi connectivity index (χ2n) is 7.10. The molecule has 1 atom stereocenters. The van der Waals surface area contributed by atoms with Crippen molar-refractivity contribution in [3.8, 4) is 5.75 Å². The molecule has 2 aromatic carbocycles. The first-order chi connectivity index (χ1) is 13.5. The Bertz CT molecular complexity index is 1130. The number of halogens is 1. The lowest BCUT2D eigenvalue weighted by molar-refractivity contribution is 0.0708. The van der Waals surface area contributed by atoms with Crippen molar-refractivity contribution in [3.63, 3.8) is 0 Å². The van der Waals surface area contributed by atoms with Gasteiger partial charge in [0.15, 0.2) is 0 Å². The van der Waals surface area contributed by atoms with Gasteiger partial charge in [-0.15, -0.1) is 0 Å². The third-order valence-electron chi connectivity index (χ3n) is 5.49. The Morgan fingerprint density at radius 2 is 2.04 bits per heavy atom. The van der Waals surface area contributed by atoms with Gasteiger partial charge in [0.05, 0.1) is 24.8 Å². The predicted molar refractivity (Wildman–Crippen MR) is 109 cm³/mol. The predicted octanol–water partition coefficient (Wildman–Crippen LogP) is 3.82. The van der Waals surface area contributed by atoms with Crippen LogP contribution < -0.4 is 10.5 Å². The molecule has 5 rings (SSSR count). The minimum absolute atomic E-state index is 0.0595. The fourth-order valence-corrected chi connectivity index (χ4v) is 4.28. The number of nitrogens with zero attached hydrogens (tertiary/aromatic N) is 2. The first kappa shape index (κ1) is 17.5. The van der Waals surface area contributed by atoms with E-state index in [9.17, 15) is 4.79 Å². The Hall–Kier alpha value is -2.64. The number of anilines is 1. The SMILES string of the molecule is CN(C(=O)c1ccc2nc(N)c3c(c2c1)COC3)[C@@H]1COc2cc(Br)ccc21. The number of likely N-dealkylation sites (N-methyl/N-ethyl adjacent to an activating group) is 1. The van der Waals surface area contributed by atoms with Gasteiger partial charge in [0, 0.05) is 33.6 Å². The van der Waals surface area contributed by atoms with E-state index < -0.39 is 0 Å². The maximum absolute atomic E-state index is 13.2. The molecule has 0 saturated carbocycles. The Balaban J connectivity index is 1.51. The molecule has 2 aliphatic rings. The quantitative estimate of drug-likeness (QED) is 0.656. The Morgan fingerprint density at radius 1 is 1.21 bits per heavy atom. The molecule has 2 N–H and O–H groups in total. The molecule has 2 aliphatic heterocycles. The first-order valence-electron chi connectivity index (χ1n) is 9.01. The molecular weight excluding hydrogens is 422 g/mol. The number of hydrogen-bond acceptors (Lipinski definition) is 5. The van der Waals surface area contributed by atoms with E-state index >= 15 is 0 Å². The molecule has 1 aromatic heterocycles. The summed E-state index contributed by atoms with van der Waals surface area (Å²) >= 11 is 3.45. The number of benzene rings is 2. The molecule has 28 heavy (non-hydrogen) atoms. The molecule has 0 saturated heterocycles. The van der Waals surface area contributed by atoms with Crippen molar-refractivity contribution in [1.82, 2.24) is 9.88 Å². The highest BCUT2D eigenvalue weighted by molar-refractivity contribution is 9.10. The molecule has 7 heteroatoms. The zero-order valence-electron chi connectivity index (χ0n) is 15.2. The first-order valence-corrected chi connectivity index (χ1v) is 9.80. The van der Waals surface area contributed by atoms with Crippen molar-refractivity contribution >= 4 is 38.6 Å². The fourth-order valence-electron chi connectivity index (χ4n) is 3.94. The molecule has 0 spiro atoms. The lowest BCUT2D eigenvalue weighted by Crippen LogP contribution is -2.32. The summed E-state index contributed by atoms with van der Waals surface area (Å²) in [6.07, 6.45) is 0. The van der Waals surface area contributed by atoms with Crippen molar-refractivity contribution in [2.75, 3.05) is 19.4 Å². The number of hydrogen-bond donors (Lipinski definition) is 1. The number of aromatic nitrogens is 1.